The molecule has 2 heterocycles. The molecule has 0 radical (unpaired) electrons. The molecule has 0 spiro atoms. The van der Waals surface area contributed by atoms with Crippen LogP contribution in [0.5, 0.6) is 0 Å². The Balaban J connectivity index is 1.97. The van der Waals surface area contributed by atoms with Crippen LogP contribution in [0, 0.1) is 6.92 Å². The lowest BCUT2D eigenvalue weighted by atomic mass is 10.00. The Bertz CT molecular complexity index is 842. The third kappa shape index (κ3) is 3.54. The van der Waals surface area contributed by atoms with Gasteiger partial charge in [-0.05, 0) is 49.9 Å². The first-order valence-electron chi connectivity index (χ1n) is 8.77. The number of carbonyl (C=O) groups excluding carboxylic acids is 2. The lowest BCUT2D eigenvalue weighted by Gasteiger charge is -2.16. The number of unbranched alkanes of at least 4 members (excludes halogenated alkanes) is 1. The molecule has 7 heteroatoms. The summed E-state index contributed by atoms with van der Waals surface area (Å²) >= 11 is 0. The number of nitrogens with one attached hydrogen (secondary N) is 1. The Morgan fingerprint density at radius 1 is 1.35 bits per heavy atom. The van der Waals surface area contributed by atoms with Crippen molar-refractivity contribution in [1.82, 2.24) is 15.1 Å². The standard InChI is InChI=1S/C19H24N4O3/c1-12-18-16(10-21-11-17(18)24)23(22-12)14-6-7-15(19(20)25)13(9-14)5-3-4-8-26-2/h6-7,9,21H,3-5,8,10-11H2,1-2H3,(H2,20,25). The summed E-state index contributed by atoms with van der Waals surface area (Å²) in [7, 11) is 1.67. The minimum absolute atomic E-state index is 0.0588. The molecule has 0 unspecified atom stereocenters. The number of rotatable bonds is 7. The molecular formula is C19H24N4O3. The van der Waals surface area contributed by atoms with Crippen molar-refractivity contribution in [3.63, 3.8) is 0 Å². The van der Waals surface area contributed by atoms with E-state index in [9.17, 15) is 9.59 Å². The van der Waals surface area contributed by atoms with Crippen LogP contribution in [0.3, 0.4) is 0 Å². The van der Waals surface area contributed by atoms with Crippen LogP contribution in [0.25, 0.3) is 5.69 Å². The van der Waals surface area contributed by atoms with Gasteiger partial charge in [0, 0.05) is 25.8 Å². The van der Waals surface area contributed by atoms with E-state index < -0.39 is 5.91 Å². The van der Waals surface area contributed by atoms with Crippen LogP contribution in [0.4, 0.5) is 0 Å². The van der Waals surface area contributed by atoms with Crippen molar-refractivity contribution >= 4 is 11.7 Å². The SMILES string of the molecule is COCCCCc1cc(-n2nc(C)c3c2CNCC3=O)ccc1C(N)=O. The van der Waals surface area contributed by atoms with Gasteiger partial charge in [0.25, 0.3) is 0 Å². The Kier molecular flexibility index (Phi) is 5.49. The lowest BCUT2D eigenvalue weighted by molar-refractivity contribution is 0.0978. The summed E-state index contributed by atoms with van der Waals surface area (Å²) in [5.74, 6) is -0.377. The highest BCUT2D eigenvalue weighted by molar-refractivity contribution is 6.00. The fraction of sp³-hybridized carbons (Fsp3) is 0.421. The van der Waals surface area contributed by atoms with Crippen LogP contribution in [-0.4, -0.2) is 41.7 Å². The number of fused-ring (bicyclic) bond motifs is 1. The number of hydrogen-bond donors (Lipinski definition) is 2. The molecule has 0 saturated heterocycles. The van der Waals surface area contributed by atoms with E-state index in [1.54, 1.807) is 17.9 Å². The summed E-state index contributed by atoms with van der Waals surface area (Å²) in [6, 6.07) is 5.51. The number of methoxy groups -OCH3 is 1. The third-order valence-electron chi connectivity index (χ3n) is 4.66. The molecular weight excluding hydrogens is 332 g/mol. The van der Waals surface area contributed by atoms with Gasteiger partial charge in [-0.1, -0.05) is 0 Å². The fourth-order valence-electron chi connectivity index (χ4n) is 3.42. The van der Waals surface area contributed by atoms with Crippen molar-refractivity contribution in [3.8, 4) is 5.69 Å². The van der Waals surface area contributed by atoms with E-state index in [1.807, 2.05) is 19.1 Å². The summed E-state index contributed by atoms with van der Waals surface area (Å²) in [6.07, 6.45) is 2.54. The van der Waals surface area contributed by atoms with Crippen molar-refractivity contribution in [2.75, 3.05) is 20.3 Å². The second-order valence-electron chi connectivity index (χ2n) is 6.50. The van der Waals surface area contributed by atoms with Crippen LogP contribution in [0.15, 0.2) is 18.2 Å². The number of nitrogens with two attached hydrogens (primary N) is 1. The second kappa shape index (κ2) is 7.80. The zero-order valence-corrected chi connectivity index (χ0v) is 15.2. The van der Waals surface area contributed by atoms with Crippen LogP contribution in [-0.2, 0) is 17.7 Å². The number of amides is 1. The molecule has 138 valence electrons. The maximum Gasteiger partial charge on any atom is 0.248 e. The van der Waals surface area contributed by atoms with Gasteiger partial charge in [-0.15, -0.1) is 0 Å². The molecule has 0 fully saturated rings. The molecule has 1 aromatic carbocycles. The Hall–Kier alpha value is -2.51. The molecule has 7 nitrogen and oxygen atoms in total. The maximum absolute atomic E-state index is 12.2. The zero-order chi connectivity index (χ0) is 18.7. The molecule has 1 aliphatic heterocycles. The second-order valence-corrected chi connectivity index (χ2v) is 6.50. The number of primary amides is 1. The number of hydrogen-bond acceptors (Lipinski definition) is 5. The predicted octanol–water partition coefficient (Wildman–Crippen LogP) is 1.53. The number of carbonyl (C=O) groups is 2. The Morgan fingerprint density at radius 2 is 2.15 bits per heavy atom. The molecule has 1 amide bonds. The molecule has 1 aromatic heterocycles. The molecule has 0 saturated carbocycles. The molecule has 0 bridgehead atoms. The number of aromatic nitrogens is 2. The first-order valence-corrected chi connectivity index (χ1v) is 8.77. The number of benzene rings is 1. The van der Waals surface area contributed by atoms with Crippen molar-refractivity contribution in [2.24, 2.45) is 5.73 Å². The molecule has 0 atom stereocenters. The van der Waals surface area contributed by atoms with Crippen LogP contribution >= 0.6 is 0 Å². The average molecular weight is 356 g/mol. The van der Waals surface area contributed by atoms with Gasteiger partial charge in [-0.3, -0.25) is 9.59 Å². The minimum Gasteiger partial charge on any atom is -0.385 e. The van der Waals surface area contributed by atoms with E-state index in [4.69, 9.17) is 10.5 Å². The number of aryl methyl sites for hydroxylation is 2. The predicted molar refractivity (Wildman–Crippen MR) is 97.7 cm³/mol. The van der Waals surface area contributed by atoms with E-state index in [1.165, 1.54) is 0 Å². The highest BCUT2D eigenvalue weighted by Crippen LogP contribution is 2.24. The van der Waals surface area contributed by atoms with Gasteiger partial charge >= 0.3 is 0 Å². The molecule has 26 heavy (non-hydrogen) atoms. The molecule has 2 aromatic rings. The molecule has 3 N–H and O–H groups in total. The summed E-state index contributed by atoms with van der Waals surface area (Å²) in [5, 5.41) is 7.67. The van der Waals surface area contributed by atoms with Gasteiger partial charge in [-0.25, -0.2) is 4.68 Å². The maximum atomic E-state index is 12.2. The highest BCUT2D eigenvalue weighted by Gasteiger charge is 2.25. The topological polar surface area (TPSA) is 99.2 Å². The van der Waals surface area contributed by atoms with Crippen molar-refractivity contribution in [1.29, 1.82) is 0 Å². The van der Waals surface area contributed by atoms with E-state index >= 15 is 0 Å². The fourth-order valence-corrected chi connectivity index (χ4v) is 3.42. The largest absolute Gasteiger partial charge is 0.385 e. The molecule has 0 aliphatic carbocycles. The van der Waals surface area contributed by atoms with E-state index in [-0.39, 0.29) is 5.78 Å². The summed E-state index contributed by atoms with van der Waals surface area (Å²) in [6.45, 7) is 3.46. The smallest absolute Gasteiger partial charge is 0.248 e. The van der Waals surface area contributed by atoms with Crippen molar-refractivity contribution in [2.45, 2.75) is 32.7 Å². The summed E-state index contributed by atoms with van der Waals surface area (Å²) in [4.78, 5) is 23.9. The minimum atomic E-state index is -0.436. The molecule has 1 aliphatic rings. The van der Waals surface area contributed by atoms with E-state index in [0.717, 1.165) is 41.9 Å². The monoisotopic (exact) mass is 356 g/mol. The number of Topliss-reactive ketones (excluding diaryl/α,β-unsaturated/α-hetero) is 1. The number of ether oxygens (including phenoxy) is 1. The van der Waals surface area contributed by atoms with Gasteiger partial charge < -0.3 is 15.8 Å². The van der Waals surface area contributed by atoms with Crippen molar-refractivity contribution in [3.05, 3.63) is 46.3 Å². The molecule has 3 rings (SSSR count). The highest BCUT2D eigenvalue weighted by atomic mass is 16.5. The van der Waals surface area contributed by atoms with E-state index in [2.05, 4.69) is 10.4 Å². The third-order valence-corrected chi connectivity index (χ3v) is 4.66. The van der Waals surface area contributed by atoms with Crippen molar-refractivity contribution < 1.29 is 14.3 Å². The quantitative estimate of drug-likeness (QED) is 0.733. The van der Waals surface area contributed by atoms with Crippen LogP contribution in [0.2, 0.25) is 0 Å². The zero-order valence-electron chi connectivity index (χ0n) is 15.2. The number of nitrogens with zero attached hydrogens (tertiary/aromatic N) is 2. The normalized spacial score (nSPS) is 13.7. The average Bonchev–Trinajstić information content (AvgIpc) is 2.96. The first kappa shape index (κ1) is 18.3. The van der Waals surface area contributed by atoms with Gasteiger partial charge in [0.05, 0.1) is 29.2 Å². The Morgan fingerprint density at radius 3 is 2.88 bits per heavy atom. The first-order chi connectivity index (χ1) is 12.5. The van der Waals surface area contributed by atoms with Crippen LogP contribution in [0.1, 0.15) is 50.5 Å². The summed E-state index contributed by atoms with van der Waals surface area (Å²) < 4.78 is 6.87. The van der Waals surface area contributed by atoms with Gasteiger partial charge in [0.15, 0.2) is 5.78 Å². The van der Waals surface area contributed by atoms with Crippen LogP contribution < -0.4 is 11.1 Å². The Labute approximate surface area is 152 Å². The van der Waals surface area contributed by atoms with Gasteiger partial charge in [0.1, 0.15) is 0 Å². The number of ketones is 1. The van der Waals surface area contributed by atoms with Gasteiger partial charge in [-0.2, -0.15) is 5.10 Å². The summed E-state index contributed by atoms with van der Waals surface area (Å²) in [5.41, 5.74) is 10.1. The van der Waals surface area contributed by atoms with E-state index in [0.29, 0.717) is 30.8 Å². The lowest BCUT2D eigenvalue weighted by Crippen LogP contribution is -2.30. The van der Waals surface area contributed by atoms with Gasteiger partial charge in [0.2, 0.25) is 5.91 Å².